The van der Waals surface area contributed by atoms with Crippen LogP contribution in [-0.2, 0) is 4.79 Å². The van der Waals surface area contributed by atoms with Crippen molar-refractivity contribution in [2.24, 2.45) is 4.99 Å². The first-order valence-corrected chi connectivity index (χ1v) is 10.9. The summed E-state index contributed by atoms with van der Waals surface area (Å²) in [6, 6.07) is 0. The van der Waals surface area contributed by atoms with Crippen molar-refractivity contribution in [1.82, 2.24) is 5.32 Å². The second-order valence-electron chi connectivity index (χ2n) is 7.75. The third kappa shape index (κ3) is 7.61. The van der Waals surface area contributed by atoms with E-state index in [1.165, 1.54) is 51.4 Å². The normalized spacial score (nSPS) is 23.6. The largest absolute Gasteiger partial charge is 0.307 e. The molecule has 1 rings (SSSR count). The molecule has 0 radical (unpaired) electrons. The molecule has 1 amide bonds. The minimum absolute atomic E-state index is 0.0451. The summed E-state index contributed by atoms with van der Waals surface area (Å²) in [4.78, 5) is 16.2. The van der Waals surface area contributed by atoms with Gasteiger partial charge < -0.3 is 5.32 Å². The van der Waals surface area contributed by atoms with Gasteiger partial charge >= 0.3 is 0 Å². The quantitative estimate of drug-likeness (QED) is 0.257. The number of quaternary nitrogens is 1. The van der Waals surface area contributed by atoms with Crippen LogP contribution in [0.2, 0.25) is 0 Å². The Morgan fingerprint density at radius 1 is 1.15 bits per heavy atom. The molecule has 4 nitrogen and oxygen atoms in total. The van der Waals surface area contributed by atoms with Crippen LogP contribution >= 0.6 is 0 Å². The van der Waals surface area contributed by atoms with Crippen LogP contribution in [0.3, 0.4) is 0 Å². The first kappa shape index (κ1) is 22.9. The fourth-order valence-corrected chi connectivity index (χ4v) is 4.06. The predicted octanol–water partition coefficient (Wildman–Crippen LogP) is 5.19. The van der Waals surface area contributed by atoms with Gasteiger partial charge in [0, 0.05) is 20.3 Å². The van der Waals surface area contributed by atoms with Crippen LogP contribution in [0.4, 0.5) is 0 Å². The molecule has 1 N–H and O–H groups in total. The molecule has 3 unspecified atom stereocenters. The second kappa shape index (κ2) is 13.1. The van der Waals surface area contributed by atoms with E-state index in [0.29, 0.717) is 0 Å². The molecule has 4 heteroatoms. The molecule has 0 aromatic rings. The Morgan fingerprint density at radius 2 is 1.81 bits per heavy atom. The van der Waals surface area contributed by atoms with Gasteiger partial charge in [0.15, 0.2) is 12.3 Å². The number of allylic oxidation sites excluding steroid dienone is 2. The summed E-state index contributed by atoms with van der Waals surface area (Å²) < 4.78 is 0.852. The lowest BCUT2D eigenvalue weighted by Crippen LogP contribution is -2.63. The Hall–Kier alpha value is -1.16. The molecule has 26 heavy (non-hydrogen) atoms. The molecular weight excluding hydrogens is 322 g/mol. The Balaban J connectivity index is 2.26. The standard InChI is InChI=1S/C22H41N3O/c1-5-7-8-9-10-11-12-13-14-15-16-17-22-23-18-19-25(22,6-2)20(3)24-21(4)26/h14-15,18,20,22H,5-13,16-17,19H2,1-4H3/p+1/b15-14+. The first-order chi connectivity index (χ1) is 12.6. The maximum absolute atomic E-state index is 11.5. The van der Waals surface area contributed by atoms with E-state index in [1.54, 1.807) is 6.92 Å². The van der Waals surface area contributed by atoms with Crippen molar-refractivity contribution in [3.63, 3.8) is 0 Å². The molecule has 0 spiro atoms. The summed E-state index contributed by atoms with van der Waals surface area (Å²) in [7, 11) is 0. The summed E-state index contributed by atoms with van der Waals surface area (Å²) in [5, 5.41) is 3.08. The van der Waals surface area contributed by atoms with Crippen LogP contribution in [-0.4, -0.2) is 42.0 Å². The zero-order valence-electron chi connectivity index (χ0n) is 17.7. The van der Waals surface area contributed by atoms with Gasteiger partial charge in [-0.1, -0.05) is 57.6 Å². The molecule has 0 aromatic carbocycles. The number of amides is 1. The number of carbonyl (C=O) groups is 1. The van der Waals surface area contributed by atoms with Crippen LogP contribution in [0.25, 0.3) is 0 Å². The number of rotatable bonds is 14. The highest BCUT2D eigenvalue weighted by atomic mass is 16.1. The van der Waals surface area contributed by atoms with Crippen molar-refractivity contribution >= 4 is 12.1 Å². The van der Waals surface area contributed by atoms with Gasteiger partial charge in [0.1, 0.15) is 6.54 Å². The number of aliphatic imine (C=N–C) groups is 1. The molecule has 0 fully saturated rings. The topological polar surface area (TPSA) is 41.5 Å². The van der Waals surface area contributed by atoms with Gasteiger partial charge in [0.05, 0.1) is 12.8 Å². The Morgan fingerprint density at radius 3 is 2.46 bits per heavy atom. The van der Waals surface area contributed by atoms with Gasteiger partial charge in [0.25, 0.3) is 0 Å². The molecule has 150 valence electrons. The number of unbranched alkanes of at least 4 members (excludes halogenated alkanes) is 7. The SMILES string of the molecule is CCCCCCCCC/C=C/CCC1N=CC[N+]1(CC)C(C)NC(C)=O. The van der Waals surface area contributed by atoms with Gasteiger partial charge in [0.2, 0.25) is 5.91 Å². The zero-order chi connectivity index (χ0) is 19.3. The first-order valence-electron chi connectivity index (χ1n) is 10.9. The van der Waals surface area contributed by atoms with Crippen LogP contribution in [0.1, 0.15) is 91.9 Å². The zero-order valence-corrected chi connectivity index (χ0v) is 17.7. The number of nitrogens with one attached hydrogen (secondary N) is 1. The molecule has 0 saturated heterocycles. The summed E-state index contributed by atoms with van der Waals surface area (Å²) in [6.45, 7) is 10.1. The third-order valence-corrected chi connectivity index (χ3v) is 5.80. The fourth-order valence-electron chi connectivity index (χ4n) is 4.06. The maximum atomic E-state index is 11.5. The van der Waals surface area contributed by atoms with Gasteiger partial charge in [-0.2, -0.15) is 0 Å². The van der Waals surface area contributed by atoms with Crippen molar-refractivity contribution in [3.05, 3.63) is 12.2 Å². The lowest BCUT2D eigenvalue weighted by atomic mass is 10.1. The van der Waals surface area contributed by atoms with Crippen LogP contribution in [0, 0.1) is 0 Å². The van der Waals surface area contributed by atoms with Crippen molar-refractivity contribution < 1.29 is 9.28 Å². The highest BCUT2D eigenvalue weighted by molar-refractivity contribution is 5.73. The van der Waals surface area contributed by atoms with Gasteiger partial charge in [-0.15, -0.1) is 0 Å². The lowest BCUT2D eigenvalue weighted by Gasteiger charge is -2.42. The molecule has 3 atom stereocenters. The van der Waals surface area contributed by atoms with E-state index in [0.717, 1.165) is 30.4 Å². The molecule has 0 aromatic heterocycles. The van der Waals surface area contributed by atoms with Crippen LogP contribution in [0.5, 0.6) is 0 Å². The van der Waals surface area contributed by atoms with Crippen molar-refractivity contribution in [2.45, 2.75) is 104 Å². The summed E-state index contributed by atoms with van der Waals surface area (Å²) >= 11 is 0. The van der Waals surface area contributed by atoms with Crippen molar-refractivity contribution in [1.29, 1.82) is 0 Å². The van der Waals surface area contributed by atoms with E-state index in [-0.39, 0.29) is 18.2 Å². The molecule has 0 bridgehead atoms. The minimum atomic E-state index is 0.0451. The van der Waals surface area contributed by atoms with Crippen molar-refractivity contribution in [2.75, 3.05) is 13.1 Å². The third-order valence-electron chi connectivity index (χ3n) is 5.80. The number of hydrogen-bond donors (Lipinski definition) is 1. The van der Waals surface area contributed by atoms with Crippen LogP contribution in [0.15, 0.2) is 17.1 Å². The van der Waals surface area contributed by atoms with Crippen LogP contribution < -0.4 is 5.32 Å². The summed E-state index contributed by atoms with van der Waals surface area (Å²) in [6.07, 6.45) is 20.1. The fraction of sp³-hybridized carbons (Fsp3) is 0.818. The van der Waals surface area contributed by atoms with E-state index in [4.69, 9.17) is 4.99 Å². The van der Waals surface area contributed by atoms with Gasteiger partial charge in [-0.3, -0.25) is 9.28 Å². The van der Waals surface area contributed by atoms with E-state index in [9.17, 15) is 4.79 Å². The number of carbonyl (C=O) groups excluding carboxylic acids is 1. The highest BCUT2D eigenvalue weighted by Crippen LogP contribution is 2.26. The number of nitrogens with zero attached hydrogens (tertiary/aromatic N) is 2. The van der Waals surface area contributed by atoms with Gasteiger partial charge in [-0.05, 0) is 26.2 Å². The number of hydrogen-bond acceptors (Lipinski definition) is 2. The van der Waals surface area contributed by atoms with E-state index in [1.807, 2.05) is 0 Å². The van der Waals surface area contributed by atoms with E-state index >= 15 is 0 Å². The Labute approximate surface area is 161 Å². The monoisotopic (exact) mass is 364 g/mol. The molecule has 1 aliphatic rings. The molecular formula is C22H42N3O+. The molecule has 0 saturated carbocycles. The van der Waals surface area contributed by atoms with Crippen molar-refractivity contribution in [3.8, 4) is 0 Å². The highest BCUT2D eigenvalue weighted by Gasteiger charge is 2.42. The Kier molecular flexibility index (Phi) is 11.5. The van der Waals surface area contributed by atoms with Gasteiger partial charge in [-0.25, -0.2) is 4.99 Å². The molecule has 1 aliphatic heterocycles. The predicted molar refractivity (Wildman–Crippen MR) is 112 cm³/mol. The minimum Gasteiger partial charge on any atom is -0.307 e. The molecule has 1 heterocycles. The summed E-state index contributed by atoms with van der Waals surface area (Å²) in [5.41, 5.74) is 0. The second-order valence-corrected chi connectivity index (χ2v) is 7.75. The Bertz CT molecular complexity index is 447. The molecule has 0 aliphatic carbocycles. The van der Waals surface area contributed by atoms with E-state index < -0.39 is 0 Å². The lowest BCUT2D eigenvalue weighted by molar-refractivity contribution is -0.959. The maximum Gasteiger partial charge on any atom is 0.221 e. The summed E-state index contributed by atoms with van der Waals surface area (Å²) in [5.74, 6) is 0.0451. The average Bonchev–Trinajstić information content (AvgIpc) is 3.03. The van der Waals surface area contributed by atoms with E-state index in [2.05, 4.69) is 44.5 Å². The average molecular weight is 365 g/mol. The smallest absolute Gasteiger partial charge is 0.221 e.